The van der Waals surface area contributed by atoms with E-state index in [4.69, 9.17) is 10.5 Å². The number of primary amides is 1. The molecule has 1 unspecified atom stereocenters. The van der Waals surface area contributed by atoms with Crippen LogP contribution >= 0.6 is 0 Å². The predicted molar refractivity (Wildman–Crippen MR) is 108 cm³/mol. The molecule has 0 saturated carbocycles. The van der Waals surface area contributed by atoms with Crippen molar-refractivity contribution in [1.82, 2.24) is 15.0 Å². The summed E-state index contributed by atoms with van der Waals surface area (Å²) in [4.78, 5) is 13.6. The maximum absolute atomic E-state index is 12.1. The summed E-state index contributed by atoms with van der Waals surface area (Å²) in [6, 6.07) is 15.2. The molecule has 7 nitrogen and oxygen atoms in total. The lowest BCUT2D eigenvalue weighted by atomic mass is 9.93. The summed E-state index contributed by atoms with van der Waals surface area (Å²) in [7, 11) is 1.52. The largest absolute Gasteiger partial charge is 0.495 e. The number of nitriles is 1. The third kappa shape index (κ3) is 4.43. The van der Waals surface area contributed by atoms with E-state index in [-0.39, 0.29) is 0 Å². The van der Waals surface area contributed by atoms with Gasteiger partial charge in [-0.1, -0.05) is 44.2 Å². The van der Waals surface area contributed by atoms with E-state index in [9.17, 15) is 10.1 Å². The number of hydrogen-bond acceptors (Lipinski definition) is 5. The maximum Gasteiger partial charge on any atom is 0.231 e. The van der Waals surface area contributed by atoms with E-state index < -0.39 is 11.8 Å². The number of carbonyl (C=O) groups excluding carboxylic acids is 1. The van der Waals surface area contributed by atoms with E-state index in [1.165, 1.54) is 17.5 Å². The second-order valence-electron chi connectivity index (χ2n) is 7.10. The molecule has 0 radical (unpaired) electrons. The van der Waals surface area contributed by atoms with Gasteiger partial charge in [0.05, 0.1) is 31.1 Å². The number of hydrogen-bond donors (Lipinski definition) is 1. The molecule has 1 atom stereocenters. The molecule has 0 bridgehead atoms. The molecule has 0 aliphatic rings. The zero-order chi connectivity index (χ0) is 21.0. The first-order chi connectivity index (χ1) is 13.9. The average Bonchev–Trinajstić information content (AvgIpc) is 3.15. The molecule has 1 amide bonds. The first-order valence-corrected chi connectivity index (χ1v) is 9.29. The van der Waals surface area contributed by atoms with Crippen LogP contribution in [0.5, 0.6) is 5.75 Å². The van der Waals surface area contributed by atoms with Crippen molar-refractivity contribution in [2.75, 3.05) is 7.11 Å². The number of amides is 1. The van der Waals surface area contributed by atoms with Crippen LogP contribution in [0.1, 0.15) is 53.6 Å². The first kappa shape index (κ1) is 20.1. The molecule has 0 spiro atoms. The van der Waals surface area contributed by atoms with Crippen LogP contribution < -0.4 is 10.5 Å². The van der Waals surface area contributed by atoms with Crippen molar-refractivity contribution in [3.63, 3.8) is 0 Å². The summed E-state index contributed by atoms with van der Waals surface area (Å²) < 4.78 is 5.16. The minimum Gasteiger partial charge on any atom is -0.495 e. The Morgan fingerprint density at radius 1 is 1.21 bits per heavy atom. The van der Waals surface area contributed by atoms with Gasteiger partial charge in [-0.25, -0.2) is 0 Å². The Hall–Kier alpha value is -3.66. The van der Waals surface area contributed by atoms with Crippen LogP contribution in [0.2, 0.25) is 0 Å². The van der Waals surface area contributed by atoms with Gasteiger partial charge < -0.3 is 10.5 Å². The Labute approximate surface area is 169 Å². The summed E-state index contributed by atoms with van der Waals surface area (Å²) in [6.45, 7) is 4.59. The SMILES string of the molecule is COc1ccc(Cn2ncc(C(C(N)=O)c3ccc(C(C)C)cc3)n2)cc1C#N. The third-order valence-corrected chi connectivity index (χ3v) is 4.78. The molecular formula is C22H23N5O2. The van der Waals surface area contributed by atoms with E-state index in [0.717, 1.165) is 11.1 Å². The quantitative estimate of drug-likeness (QED) is 0.668. The van der Waals surface area contributed by atoms with Crippen molar-refractivity contribution in [2.45, 2.75) is 32.2 Å². The van der Waals surface area contributed by atoms with Gasteiger partial charge in [0, 0.05) is 0 Å². The Morgan fingerprint density at radius 3 is 2.48 bits per heavy atom. The molecule has 0 aliphatic heterocycles. The molecule has 7 heteroatoms. The van der Waals surface area contributed by atoms with Gasteiger partial charge >= 0.3 is 0 Å². The zero-order valence-electron chi connectivity index (χ0n) is 16.7. The van der Waals surface area contributed by atoms with Crippen LogP contribution in [0.4, 0.5) is 0 Å². The second-order valence-corrected chi connectivity index (χ2v) is 7.10. The van der Waals surface area contributed by atoms with Crippen molar-refractivity contribution >= 4 is 5.91 Å². The van der Waals surface area contributed by atoms with Crippen molar-refractivity contribution in [3.8, 4) is 11.8 Å². The molecule has 0 aliphatic carbocycles. The van der Waals surface area contributed by atoms with Crippen molar-refractivity contribution < 1.29 is 9.53 Å². The van der Waals surface area contributed by atoms with Crippen molar-refractivity contribution in [1.29, 1.82) is 5.26 Å². The van der Waals surface area contributed by atoms with Crippen LogP contribution in [-0.4, -0.2) is 28.0 Å². The normalized spacial score (nSPS) is 11.8. The van der Waals surface area contributed by atoms with Crippen molar-refractivity contribution in [2.24, 2.45) is 5.73 Å². The van der Waals surface area contributed by atoms with E-state index in [2.05, 4.69) is 30.1 Å². The molecule has 0 saturated heterocycles. The number of methoxy groups -OCH3 is 1. The number of ether oxygens (including phenoxy) is 1. The lowest BCUT2D eigenvalue weighted by Gasteiger charge is -2.13. The number of nitrogens with zero attached hydrogens (tertiary/aromatic N) is 4. The number of benzene rings is 2. The maximum atomic E-state index is 12.1. The first-order valence-electron chi connectivity index (χ1n) is 9.29. The predicted octanol–water partition coefficient (Wildman–Crippen LogP) is 2.95. The van der Waals surface area contributed by atoms with E-state index in [1.807, 2.05) is 30.3 Å². The summed E-state index contributed by atoms with van der Waals surface area (Å²) in [6.07, 6.45) is 1.56. The second kappa shape index (κ2) is 8.57. The smallest absolute Gasteiger partial charge is 0.231 e. The highest BCUT2D eigenvalue weighted by atomic mass is 16.5. The highest BCUT2D eigenvalue weighted by Crippen LogP contribution is 2.25. The van der Waals surface area contributed by atoms with Gasteiger partial charge in [-0.2, -0.15) is 20.3 Å². The van der Waals surface area contributed by atoms with E-state index in [0.29, 0.717) is 29.5 Å². The molecule has 2 aromatic carbocycles. The topological polar surface area (TPSA) is 107 Å². The lowest BCUT2D eigenvalue weighted by molar-refractivity contribution is -0.118. The average molecular weight is 389 g/mol. The number of nitrogens with two attached hydrogens (primary N) is 1. The van der Waals surface area contributed by atoms with Gasteiger partial charge in [0.1, 0.15) is 17.7 Å². The van der Waals surface area contributed by atoms with Crippen LogP contribution in [-0.2, 0) is 11.3 Å². The Kier molecular flexibility index (Phi) is 5.93. The van der Waals surface area contributed by atoms with Crippen LogP contribution in [0.15, 0.2) is 48.7 Å². The summed E-state index contributed by atoms with van der Waals surface area (Å²) >= 11 is 0. The van der Waals surface area contributed by atoms with Gasteiger partial charge in [-0.15, -0.1) is 0 Å². The zero-order valence-corrected chi connectivity index (χ0v) is 16.7. The molecule has 148 valence electrons. The highest BCUT2D eigenvalue weighted by molar-refractivity contribution is 5.85. The fourth-order valence-corrected chi connectivity index (χ4v) is 3.18. The van der Waals surface area contributed by atoms with Crippen LogP contribution in [0.3, 0.4) is 0 Å². The van der Waals surface area contributed by atoms with Gasteiger partial charge in [0.25, 0.3) is 0 Å². The lowest BCUT2D eigenvalue weighted by Crippen LogP contribution is -2.23. The molecule has 3 rings (SSSR count). The Balaban J connectivity index is 1.85. The summed E-state index contributed by atoms with van der Waals surface area (Å²) in [5.41, 5.74) is 9.42. The minimum atomic E-state index is -0.671. The molecule has 3 aromatic rings. The van der Waals surface area contributed by atoms with E-state index >= 15 is 0 Å². The highest BCUT2D eigenvalue weighted by Gasteiger charge is 2.23. The molecule has 29 heavy (non-hydrogen) atoms. The van der Waals surface area contributed by atoms with Gasteiger partial charge in [0.2, 0.25) is 5.91 Å². The van der Waals surface area contributed by atoms with Gasteiger partial charge in [0.15, 0.2) is 0 Å². The number of carbonyl (C=O) groups is 1. The summed E-state index contributed by atoms with van der Waals surface area (Å²) in [5.74, 6) is -0.232. The molecular weight excluding hydrogens is 366 g/mol. The third-order valence-electron chi connectivity index (χ3n) is 4.78. The standard InChI is InChI=1S/C22H23N5O2/c1-14(2)16-5-7-17(8-6-16)21(22(24)28)19-12-25-27(26-19)13-15-4-9-20(29-3)18(10-15)11-23/h4-10,12,14,21H,13H2,1-3H3,(H2,24,28). The minimum absolute atomic E-state index is 0.358. The van der Waals surface area contributed by atoms with Crippen molar-refractivity contribution in [3.05, 3.63) is 76.6 Å². The monoisotopic (exact) mass is 389 g/mol. The Morgan fingerprint density at radius 2 is 1.90 bits per heavy atom. The number of aromatic nitrogens is 3. The van der Waals surface area contributed by atoms with Crippen LogP contribution in [0.25, 0.3) is 0 Å². The van der Waals surface area contributed by atoms with Gasteiger partial charge in [-0.05, 0) is 34.7 Å². The molecule has 2 N–H and O–H groups in total. The fourth-order valence-electron chi connectivity index (χ4n) is 3.18. The summed E-state index contributed by atoms with van der Waals surface area (Å²) in [5, 5.41) is 18.0. The molecule has 1 heterocycles. The Bertz CT molecular complexity index is 1050. The molecule has 1 aromatic heterocycles. The molecule has 0 fully saturated rings. The van der Waals surface area contributed by atoms with Crippen LogP contribution in [0, 0.1) is 11.3 Å². The number of rotatable bonds is 7. The fraction of sp³-hybridized carbons (Fsp3) is 0.273. The van der Waals surface area contributed by atoms with Gasteiger partial charge in [-0.3, -0.25) is 4.79 Å². The van der Waals surface area contributed by atoms with E-state index in [1.54, 1.807) is 18.3 Å².